The quantitative estimate of drug-likeness (QED) is 0.780. The van der Waals surface area contributed by atoms with Crippen molar-refractivity contribution in [2.75, 3.05) is 11.9 Å². The van der Waals surface area contributed by atoms with Crippen LogP contribution in [0.3, 0.4) is 0 Å². The Morgan fingerprint density at radius 3 is 2.71 bits per heavy atom. The lowest BCUT2D eigenvalue weighted by molar-refractivity contribution is -0.130. The van der Waals surface area contributed by atoms with Crippen LogP contribution in [0.25, 0.3) is 0 Å². The van der Waals surface area contributed by atoms with E-state index in [1.807, 2.05) is 40.0 Å². The molecule has 2 atom stereocenters. The standard InChI is InChI=1S/C16H18BrN3O/c17-10-13-9-16(21)20(11-13)15(12-19-8-4-7-18-19)14-5-2-1-3-6-14/h1-8,13,15H,9-12H2. The Balaban J connectivity index is 1.87. The third-order valence-electron chi connectivity index (χ3n) is 3.94. The molecule has 1 aliphatic heterocycles. The molecule has 4 nitrogen and oxygen atoms in total. The summed E-state index contributed by atoms with van der Waals surface area (Å²) in [5, 5.41) is 5.16. The summed E-state index contributed by atoms with van der Waals surface area (Å²) in [4.78, 5) is 14.4. The van der Waals surface area contributed by atoms with Gasteiger partial charge in [-0.1, -0.05) is 46.3 Å². The molecule has 110 valence electrons. The molecule has 2 aromatic rings. The van der Waals surface area contributed by atoms with Crippen molar-refractivity contribution < 1.29 is 4.79 Å². The Labute approximate surface area is 132 Å². The number of nitrogens with zero attached hydrogens (tertiary/aromatic N) is 3. The molecule has 1 aliphatic rings. The number of benzene rings is 1. The molecule has 5 heteroatoms. The zero-order valence-electron chi connectivity index (χ0n) is 11.7. The largest absolute Gasteiger partial charge is 0.333 e. The predicted octanol–water partition coefficient (Wildman–Crippen LogP) is 2.87. The molecule has 0 radical (unpaired) electrons. The first-order valence-electron chi connectivity index (χ1n) is 7.15. The predicted molar refractivity (Wildman–Crippen MR) is 85.0 cm³/mol. The number of halogens is 1. The number of amides is 1. The molecule has 2 unspecified atom stereocenters. The lowest BCUT2D eigenvalue weighted by atomic mass is 10.1. The van der Waals surface area contributed by atoms with E-state index in [9.17, 15) is 4.79 Å². The van der Waals surface area contributed by atoms with Gasteiger partial charge >= 0.3 is 0 Å². The van der Waals surface area contributed by atoms with Gasteiger partial charge in [-0.2, -0.15) is 5.10 Å². The second kappa shape index (κ2) is 6.43. The fourth-order valence-corrected chi connectivity index (χ4v) is 3.29. The van der Waals surface area contributed by atoms with E-state index in [2.05, 4.69) is 33.2 Å². The number of rotatable bonds is 5. The molecular weight excluding hydrogens is 330 g/mol. The molecule has 1 saturated heterocycles. The summed E-state index contributed by atoms with van der Waals surface area (Å²) in [6.07, 6.45) is 4.35. The zero-order valence-corrected chi connectivity index (χ0v) is 13.3. The van der Waals surface area contributed by atoms with E-state index in [-0.39, 0.29) is 11.9 Å². The first kappa shape index (κ1) is 14.3. The van der Waals surface area contributed by atoms with Gasteiger partial charge in [-0.25, -0.2) is 0 Å². The van der Waals surface area contributed by atoms with Crippen LogP contribution in [0, 0.1) is 5.92 Å². The van der Waals surface area contributed by atoms with Crippen LogP contribution in [-0.4, -0.2) is 32.5 Å². The van der Waals surface area contributed by atoms with Crippen LogP contribution in [-0.2, 0) is 11.3 Å². The minimum Gasteiger partial charge on any atom is -0.333 e. The van der Waals surface area contributed by atoms with E-state index in [0.717, 1.165) is 17.4 Å². The zero-order chi connectivity index (χ0) is 14.7. The monoisotopic (exact) mass is 347 g/mol. The molecule has 0 saturated carbocycles. The van der Waals surface area contributed by atoms with Gasteiger partial charge < -0.3 is 4.90 Å². The van der Waals surface area contributed by atoms with Crippen LogP contribution in [0.15, 0.2) is 48.8 Å². The van der Waals surface area contributed by atoms with Crippen LogP contribution in [0.1, 0.15) is 18.0 Å². The van der Waals surface area contributed by atoms with Gasteiger partial charge in [0.25, 0.3) is 0 Å². The molecule has 0 N–H and O–H groups in total. The lowest BCUT2D eigenvalue weighted by Crippen LogP contribution is -2.33. The second-order valence-electron chi connectivity index (χ2n) is 5.43. The Morgan fingerprint density at radius 2 is 2.10 bits per heavy atom. The molecule has 1 aromatic heterocycles. The van der Waals surface area contributed by atoms with Crippen molar-refractivity contribution in [2.45, 2.75) is 19.0 Å². The van der Waals surface area contributed by atoms with E-state index in [0.29, 0.717) is 18.9 Å². The molecule has 2 heterocycles. The summed E-state index contributed by atoms with van der Waals surface area (Å²) in [7, 11) is 0. The number of alkyl halides is 1. The Morgan fingerprint density at radius 1 is 1.29 bits per heavy atom. The fraction of sp³-hybridized carbons (Fsp3) is 0.375. The number of carbonyl (C=O) groups excluding carboxylic acids is 1. The highest BCUT2D eigenvalue weighted by molar-refractivity contribution is 9.09. The summed E-state index contributed by atoms with van der Waals surface area (Å²) in [6.45, 7) is 1.50. The van der Waals surface area contributed by atoms with Crippen LogP contribution >= 0.6 is 15.9 Å². The van der Waals surface area contributed by atoms with Crippen molar-refractivity contribution in [2.24, 2.45) is 5.92 Å². The van der Waals surface area contributed by atoms with E-state index in [1.54, 1.807) is 6.20 Å². The van der Waals surface area contributed by atoms with Gasteiger partial charge in [0.05, 0.1) is 12.6 Å². The first-order valence-corrected chi connectivity index (χ1v) is 8.28. The third kappa shape index (κ3) is 3.18. The Hall–Kier alpha value is -1.62. The molecule has 1 fully saturated rings. The minimum absolute atomic E-state index is 0.0441. The van der Waals surface area contributed by atoms with Crippen LogP contribution in [0.5, 0.6) is 0 Å². The summed E-state index contributed by atoms with van der Waals surface area (Å²) in [5.74, 6) is 0.641. The maximum atomic E-state index is 12.4. The second-order valence-corrected chi connectivity index (χ2v) is 6.07. The van der Waals surface area contributed by atoms with E-state index < -0.39 is 0 Å². The average molecular weight is 348 g/mol. The lowest BCUT2D eigenvalue weighted by Gasteiger charge is -2.28. The smallest absolute Gasteiger partial charge is 0.223 e. The van der Waals surface area contributed by atoms with Crippen LogP contribution < -0.4 is 0 Å². The van der Waals surface area contributed by atoms with Gasteiger partial charge in [0.15, 0.2) is 0 Å². The number of likely N-dealkylation sites (tertiary alicyclic amines) is 1. The number of carbonyl (C=O) groups is 1. The van der Waals surface area contributed by atoms with Gasteiger partial charge in [0.1, 0.15) is 0 Å². The van der Waals surface area contributed by atoms with Crippen molar-refractivity contribution in [1.82, 2.24) is 14.7 Å². The fourth-order valence-electron chi connectivity index (χ4n) is 2.86. The summed E-state index contributed by atoms with van der Waals surface area (Å²) in [6, 6.07) is 12.2. The van der Waals surface area contributed by atoms with Gasteiger partial charge in [-0.15, -0.1) is 0 Å². The Bertz CT molecular complexity index is 585. The minimum atomic E-state index is 0.0441. The van der Waals surface area contributed by atoms with Crippen molar-refractivity contribution in [1.29, 1.82) is 0 Å². The molecule has 3 rings (SSSR count). The highest BCUT2D eigenvalue weighted by Crippen LogP contribution is 2.30. The SMILES string of the molecule is O=C1CC(CBr)CN1C(Cn1cccn1)c1ccccc1. The summed E-state index contributed by atoms with van der Waals surface area (Å²) < 4.78 is 1.90. The third-order valence-corrected chi connectivity index (χ3v) is 4.85. The molecule has 0 bridgehead atoms. The molecule has 0 aliphatic carbocycles. The topological polar surface area (TPSA) is 38.1 Å². The van der Waals surface area contributed by atoms with Crippen LogP contribution in [0.4, 0.5) is 0 Å². The van der Waals surface area contributed by atoms with Crippen molar-refractivity contribution in [3.63, 3.8) is 0 Å². The number of hydrogen-bond acceptors (Lipinski definition) is 2. The van der Waals surface area contributed by atoms with E-state index in [4.69, 9.17) is 0 Å². The van der Waals surface area contributed by atoms with Gasteiger partial charge in [0, 0.05) is 30.7 Å². The molecule has 1 aromatic carbocycles. The molecule has 1 amide bonds. The van der Waals surface area contributed by atoms with Crippen molar-refractivity contribution >= 4 is 21.8 Å². The van der Waals surface area contributed by atoms with Gasteiger partial charge in [-0.3, -0.25) is 9.48 Å². The van der Waals surface area contributed by atoms with Gasteiger partial charge in [0.2, 0.25) is 5.91 Å². The summed E-state index contributed by atoms with van der Waals surface area (Å²) >= 11 is 3.50. The average Bonchev–Trinajstić information content (AvgIpc) is 3.15. The van der Waals surface area contributed by atoms with Crippen molar-refractivity contribution in [3.05, 3.63) is 54.4 Å². The number of aromatic nitrogens is 2. The maximum absolute atomic E-state index is 12.4. The van der Waals surface area contributed by atoms with E-state index in [1.165, 1.54) is 0 Å². The summed E-state index contributed by atoms with van der Waals surface area (Å²) in [5.41, 5.74) is 1.16. The number of hydrogen-bond donors (Lipinski definition) is 0. The van der Waals surface area contributed by atoms with Crippen molar-refractivity contribution in [3.8, 4) is 0 Å². The van der Waals surface area contributed by atoms with E-state index >= 15 is 0 Å². The highest BCUT2D eigenvalue weighted by Gasteiger charge is 2.34. The highest BCUT2D eigenvalue weighted by atomic mass is 79.9. The molecule has 21 heavy (non-hydrogen) atoms. The van der Waals surface area contributed by atoms with Gasteiger partial charge in [-0.05, 0) is 17.5 Å². The molecule has 0 spiro atoms. The Kier molecular flexibility index (Phi) is 4.39. The normalized spacial score (nSPS) is 20.0. The molecular formula is C16H18BrN3O. The van der Waals surface area contributed by atoms with Crippen LogP contribution in [0.2, 0.25) is 0 Å². The maximum Gasteiger partial charge on any atom is 0.223 e. The first-order chi connectivity index (χ1) is 10.3.